The van der Waals surface area contributed by atoms with Gasteiger partial charge >= 0.3 is 12.5 Å². The SMILES string of the molecule is C=C(C)C[C@H](c1ccc(OC(F)(F)C(F)F)cc1)N1CCNCC1.Cl.Cl. The molecule has 1 atom stereocenters. The minimum absolute atomic E-state index is 0. The Hall–Kier alpha value is -1.02. The van der Waals surface area contributed by atoms with Crippen LogP contribution in [0.2, 0.25) is 0 Å². The second kappa shape index (κ2) is 11.0. The summed E-state index contributed by atoms with van der Waals surface area (Å²) in [6.45, 7) is 9.41. The highest BCUT2D eigenvalue weighted by Gasteiger charge is 2.43. The number of nitrogens with zero attached hydrogens (tertiary/aromatic N) is 1. The lowest BCUT2D eigenvalue weighted by atomic mass is 9.98. The number of benzene rings is 1. The molecule has 0 bridgehead atoms. The van der Waals surface area contributed by atoms with E-state index >= 15 is 0 Å². The summed E-state index contributed by atoms with van der Waals surface area (Å²) in [7, 11) is 0. The minimum atomic E-state index is -4.49. The van der Waals surface area contributed by atoms with Crippen LogP contribution >= 0.6 is 24.8 Å². The van der Waals surface area contributed by atoms with Crippen molar-refractivity contribution in [3.8, 4) is 5.75 Å². The quantitative estimate of drug-likeness (QED) is 0.513. The first-order chi connectivity index (χ1) is 11.3. The number of halogens is 6. The summed E-state index contributed by atoms with van der Waals surface area (Å²) in [5.41, 5.74) is 1.94. The van der Waals surface area contributed by atoms with Crippen molar-refractivity contribution in [2.24, 2.45) is 0 Å². The van der Waals surface area contributed by atoms with Gasteiger partial charge in [0.05, 0.1) is 0 Å². The Morgan fingerprint density at radius 1 is 1.19 bits per heavy atom. The largest absolute Gasteiger partial charge is 0.461 e. The van der Waals surface area contributed by atoms with Crippen molar-refractivity contribution in [2.45, 2.75) is 31.9 Å². The zero-order valence-corrected chi connectivity index (χ0v) is 16.0. The molecule has 0 saturated carbocycles. The summed E-state index contributed by atoms with van der Waals surface area (Å²) < 4.78 is 54.4. The van der Waals surface area contributed by atoms with Crippen LogP contribution in [0.5, 0.6) is 5.75 Å². The Morgan fingerprint density at radius 2 is 1.73 bits per heavy atom. The van der Waals surface area contributed by atoms with Crippen molar-refractivity contribution in [2.75, 3.05) is 26.2 Å². The second-order valence-electron chi connectivity index (χ2n) is 6.00. The molecule has 1 aromatic rings. The van der Waals surface area contributed by atoms with Gasteiger partial charge in [0.25, 0.3) is 0 Å². The first-order valence-corrected chi connectivity index (χ1v) is 7.83. The van der Waals surface area contributed by atoms with E-state index < -0.39 is 12.5 Å². The molecule has 1 aliphatic rings. The van der Waals surface area contributed by atoms with Crippen LogP contribution in [0.1, 0.15) is 24.9 Å². The number of hydrogen-bond acceptors (Lipinski definition) is 3. The van der Waals surface area contributed by atoms with E-state index in [4.69, 9.17) is 0 Å². The molecular weight excluding hydrogens is 395 g/mol. The lowest BCUT2D eigenvalue weighted by Crippen LogP contribution is -2.45. The zero-order chi connectivity index (χ0) is 17.7. The van der Waals surface area contributed by atoms with Gasteiger partial charge in [-0.05, 0) is 31.0 Å². The van der Waals surface area contributed by atoms with Crippen molar-refractivity contribution in [3.05, 3.63) is 42.0 Å². The molecule has 1 aromatic carbocycles. The Labute approximate surface area is 163 Å². The molecule has 1 N–H and O–H groups in total. The molecule has 26 heavy (non-hydrogen) atoms. The van der Waals surface area contributed by atoms with E-state index in [1.54, 1.807) is 12.1 Å². The third-order valence-electron chi connectivity index (χ3n) is 3.91. The van der Waals surface area contributed by atoms with Crippen molar-refractivity contribution < 1.29 is 22.3 Å². The predicted molar refractivity (Wildman–Crippen MR) is 99.1 cm³/mol. The summed E-state index contributed by atoms with van der Waals surface area (Å²) in [5.74, 6) is -0.279. The highest BCUT2D eigenvalue weighted by Crippen LogP contribution is 2.31. The molecule has 0 aliphatic carbocycles. The number of piperazine rings is 1. The fourth-order valence-electron chi connectivity index (χ4n) is 2.74. The monoisotopic (exact) mass is 418 g/mol. The number of rotatable bonds is 7. The van der Waals surface area contributed by atoms with Gasteiger partial charge in [0, 0.05) is 32.2 Å². The third-order valence-corrected chi connectivity index (χ3v) is 3.91. The molecule has 3 nitrogen and oxygen atoms in total. The molecule has 0 amide bonds. The standard InChI is InChI=1S/C17H22F4N2O.2ClH/c1-12(2)11-15(23-9-7-22-8-10-23)13-3-5-14(6-4-13)24-17(20,21)16(18)19;;/h3-6,15-16,22H,1,7-11H2,2H3;2*1H/t15-;;/m1../s1. The molecule has 0 aromatic heterocycles. The van der Waals surface area contributed by atoms with Crippen LogP contribution in [0.15, 0.2) is 36.4 Å². The highest BCUT2D eigenvalue weighted by atomic mass is 35.5. The average molecular weight is 419 g/mol. The molecule has 0 radical (unpaired) electrons. The van der Waals surface area contributed by atoms with E-state index in [0.717, 1.165) is 43.7 Å². The molecule has 9 heteroatoms. The molecule has 150 valence electrons. The molecule has 0 unspecified atom stereocenters. The highest BCUT2D eigenvalue weighted by molar-refractivity contribution is 5.85. The van der Waals surface area contributed by atoms with Gasteiger partial charge in [-0.2, -0.15) is 17.6 Å². The molecule has 1 aliphatic heterocycles. The van der Waals surface area contributed by atoms with Gasteiger partial charge in [-0.3, -0.25) is 4.90 Å². The molecular formula is C17H24Cl2F4N2O. The number of ether oxygens (including phenoxy) is 1. The summed E-state index contributed by atoms with van der Waals surface area (Å²) in [5, 5.41) is 3.28. The summed E-state index contributed by atoms with van der Waals surface area (Å²) >= 11 is 0. The van der Waals surface area contributed by atoms with Gasteiger partial charge in [-0.1, -0.05) is 17.7 Å². The molecule has 0 spiro atoms. The van der Waals surface area contributed by atoms with Gasteiger partial charge < -0.3 is 10.1 Å². The van der Waals surface area contributed by atoms with Crippen LogP contribution in [-0.2, 0) is 0 Å². The third kappa shape index (κ3) is 6.95. The average Bonchev–Trinajstić information content (AvgIpc) is 2.54. The van der Waals surface area contributed by atoms with E-state index in [2.05, 4.69) is 21.5 Å². The maximum Gasteiger partial charge on any atom is 0.461 e. The Bertz CT molecular complexity index is 552. The topological polar surface area (TPSA) is 24.5 Å². The van der Waals surface area contributed by atoms with Crippen LogP contribution in [-0.4, -0.2) is 43.6 Å². The Balaban J connectivity index is 0.00000312. The van der Waals surface area contributed by atoms with E-state index in [-0.39, 0.29) is 36.6 Å². The molecule has 1 saturated heterocycles. The van der Waals surface area contributed by atoms with E-state index in [1.165, 1.54) is 12.1 Å². The second-order valence-corrected chi connectivity index (χ2v) is 6.00. The van der Waals surface area contributed by atoms with Gasteiger partial charge in [-0.25, -0.2) is 0 Å². The van der Waals surface area contributed by atoms with E-state index in [0.29, 0.717) is 0 Å². The van der Waals surface area contributed by atoms with Gasteiger partial charge in [-0.15, -0.1) is 31.4 Å². The molecule has 1 heterocycles. The fraction of sp³-hybridized carbons (Fsp3) is 0.529. The van der Waals surface area contributed by atoms with Crippen molar-refractivity contribution >= 4 is 24.8 Å². The van der Waals surface area contributed by atoms with Crippen molar-refractivity contribution in [3.63, 3.8) is 0 Å². The number of hydrogen-bond donors (Lipinski definition) is 1. The summed E-state index contributed by atoms with van der Waals surface area (Å²) in [6, 6.07) is 5.98. The predicted octanol–water partition coefficient (Wildman–Crippen LogP) is 4.68. The van der Waals surface area contributed by atoms with Crippen molar-refractivity contribution in [1.82, 2.24) is 10.2 Å². The summed E-state index contributed by atoms with van der Waals surface area (Å²) in [6.07, 6.45) is -7.61. The molecule has 1 fully saturated rings. The van der Waals surface area contributed by atoms with Gasteiger partial charge in [0.15, 0.2) is 0 Å². The lowest BCUT2D eigenvalue weighted by molar-refractivity contribution is -0.253. The van der Waals surface area contributed by atoms with Crippen LogP contribution in [0.3, 0.4) is 0 Å². The number of nitrogens with one attached hydrogen (secondary N) is 1. The number of alkyl halides is 4. The Morgan fingerprint density at radius 3 is 2.19 bits per heavy atom. The van der Waals surface area contributed by atoms with E-state index in [1.807, 2.05) is 6.92 Å². The maximum atomic E-state index is 13.0. The normalized spacial score (nSPS) is 16.4. The molecule has 2 rings (SSSR count). The van der Waals surface area contributed by atoms with Crippen LogP contribution in [0.25, 0.3) is 0 Å². The minimum Gasteiger partial charge on any atom is -0.428 e. The van der Waals surface area contributed by atoms with Gasteiger partial charge in [0.1, 0.15) is 5.75 Å². The van der Waals surface area contributed by atoms with Crippen molar-refractivity contribution in [1.29, 1.82) is 0 Å². The Kier molecular flexibility index (Phi) is 10.5. The lowest BCUT2D eigenvalue weighted by Gasteiger charge is -2.35. The first kappa shape index (κ1) is 25.0. The summed E-state index contributed by atoms with van der Waals surface area (Å²) in [4.78, 5) is 2.30. The van der Waals surface area contributed by atoms with Crippen LogP contribution in [0, 0.1) is 0 Å². The zero-order valence-electron chi connectivity index (χ0n) is 14.4. The van der Waals surface area contributed by atoms with Crippen LogP contribution < -0.4 is 10.1 Å². The fourth-order valence-corrected chi connectivity index (χ4v) is 2.74. The first-order valence-electron chi connectivity index (χ1n) is 7.83. The maximum absolute atomic E-state index is 13.0. The van der Waals surface area contributed by atoms with E-state index in [9.17, 15) is 17.6 Å². The smallest absolute Gasteiger partial charge is 0.428 e. The van der Waals surface area contributed by atoms with Gasteiger partial charge in [0.2, 0.25) is 0 Å². The van der Waals surface area contributed by atoms with Crippen LogP contribution in [0.4, 0.5) is 17.6 Å².